The molecular formula is C19H31N3O2. The lowest BCUT2D eigenvalue weighted by atomic mass is 9.93. The highest BCUT2D eigenvalue weighted by atomic mass is 16.5. The first kappa shape index (κ1) is 18.4. The van der Waals surface area contributed by atoms with Crippen molar-refractivity contribution in [2.45, 2.75) is 33.6 Å². The smallest absolute Gasteiger partial charge is 0.193 e. The van der Waals surface area contributed by atoms with E-state index in [9.17, 15) is 0 Å². The van der Waals surface area contributed by atoms with E-state index >= 15 is 0 Å². The largest absolute Gasteiger partial charge is 0.493 e. The highest BCUT2D eigenvalue weighted by Crippen LogP contribution is 2.29. The summed E-state index contributed by atoms with van der Waals surface area (Å²) >= 11 is 0. The predicted molar refractivity (Wildman–Crippen MR) is 99.2 cm³/mol. The summed E-state index contributed by atoms with van der Waals surface area (Å²) in [7, 11) is 3.32. The van der Waals surface area contributed by atoms with Crippen molar-refractivity contribution in [2.75, 3.05) is 40.4 Å². The molecule has 1 aromatic carbocycles. The molecule has 1 aromatic rings. The van der Waals surface area contributed by atoms with Gasteiger partial charge in [0.25, 0.3) is 0 Å². The van der Waals surface area contributed by atoms with E-state index in [0.29, 0.717) is 5.41 Å². The number of rotatable bonds is 6. The van der Waals surface area contributed by atoms with Crippen LogP contribution >= 0.6 is 0 Å². The van der Waals surface area contributed by atoms with E-state index in [1.807, 2.05) is 12.1 Å². The van der Waals surface area contributed by atoms with Crippen LogP contribution in [0.3, 0.4) is 0 Å². The number of hydrogen-bond donors (Lipinski definition) is 1. The predicted octanol–water partition coefficient (Wildman–Crippen LogP) is 2.94. The van der Waals surface area contributed by atoms with Crippen molar-refractivity contribution >= 4 is 5.96 Å². The Kier molecular flexibility index (Phi) is 6.35. The van der Waals surface area contributed by atoms with Crippen LogP contribution in [0, 0.1) is 5.41 Å². The maximum Gasteiger partial charge on any atom is 0.193 e. The van der Waals surface area contributed by atoms with Crippen LogP contribution in [0.25, 0.3) is 0 Å². The van der Waals surface area contributed by atoms with Gasteiger partial charge < -0.3 is 19.7 Å². The Balaban J connectivity index is 1.99. The van der Waals surface area contributed by atoms with E-state index in [0.717, 1.165) is 50.1 Å². The van der Waals surface area contributed by atoms with Gasteiger partial charge in [0.15, 0.2) is 17.5 Å². The summed E-state index contributed by atoms with van der Waals surface area (Å²) in [5, 5.41) is 3.42. The van der Waals surface area contributed by atoms with Crippen molar-refractivity contribution in [2.24, 2.45) is 10.4 Å². The molecule has 5 nitrogen and oxygen atoms in total. The van der Waals surface area contributed by atoms with Gasteiger partial charge in [0, 0.05) is 26.2 Å². The minimum absolute atomic E-state index is 0.375. The zero-order valence-electron chi connectivity index (χ0n) is 15.7. The van der Waals surface area contributed by atoms with Crippen LogP contribution in [0.5, 0.6) is 11.5 Å². The van der Waals surface area contributed by atoms with E-state index in [1.165, 1.54) is 12.0 Å². The first-order valence-corrected chi connectivity index (χ1v) is 8.73. The Labute approximate surface area is 146 Å². The fourth-order valence-corrected chi connectivity index (χ4v) is 3.05. The Morgan fingerprint density at radius 2 is 2.00 bits per heavy atom. The highest BCUT2D eigenvalue weighted by molar-refractivity contribution is 5.80. The third-order valence-corrected chi connectivity index (χ3v) is 4.42. The van der Waals surface area contributed by atoms with Crippen molar-refractivity contribution < 1.29 is 9.47 Å². The minimum atomic E-state index is 0.375. The second-order valence-electron chi connectivity index (χ2n) is 7.01. The lowest BCUT2D eigenvalue weighted by Gasteiger charge is -2.23. The van der Waals surface area contributed by atoms with Crippen LogP contribution in [0.2, 0.25) is 0 Å². The van der Waals surface area contributed by atoms with E-state index in [1.54, 1.807) is 14.2 Å². The van der Waals surface area contributed by atoms with Gasteiger partial charge in [-0.3, -0.25) is 4.99 Å². The Hall–Kier alpha value is -1.91. The molecule has 1 fully saturated rings. The van der Waals surface area contributed by atoms with Crippen LogP contribution < -0.4 is 14.8 Å². The van der Waals surface area contributed by atoms with Crippen LogP contribution in [0.15, 0.2) is 23.2 Å². The molecule has 0 aromatic heterocycles. The minimum Gasteiger partial charge on any atom is -0.493 e. The average Bonchev–Trinajstić information content (AvgIpc) is 2.93. The first-order chi connectivity index (χ1) is 11.5. The number of ether oxygens (including phenoxy) is 2. The van der Waals surface area contributed by atoms with Crippen LogP contribution in [0.4, 0.5) is 0 Å². The molecule has 24 heavy (non-hydrogen) atoms. The molecule has 0 unspecified atom stereocenters. The molecule has 0 amide bonds. The van der Waals surface area contributed by atoms with Gasteiger partial charge in [-0.15, -0.1) is 0 Å². The SMILES string of the molecule is CCNC(=NCCc1ccc(OC)c(OC)c1)N1CCC(C)(C)C1. The van der Waals surface area contributed by atoms with E-state index < -0.39 is 0 Å². The molecule has 0 radical (unpaired) electrons. The maximum atomic E-state index is 5.37. The number of aliphatic imine (C=N–C) groups is 1. The lowest BCUT2D eigenvalue weighted by Crippen LogP contribution is -2.40. The van der Waals surface area contributed by atoms with Gasteiger partial charge in [-0.2, -0.15) is 0 Å². The van der Waals surface area contributed by atoms with Gasteiger partial charge in [0.1, 0.15) is 0 Å². The summed E-state index contributed by atoms with van der Waals surface area (Å²) in [5.74, 6) is 2.56. The molecule has 1 aliphatic rings. The van der Waals surface area contributed by atoms with Gasteiger partial charge in [-0.1, -0.05) is 19.9 Å². The van der Waals surface area contributed by atoms with E-state index in [2.05, 4.69) is 37.1 Å². The third-order valence-electron chi connectivity index (χ3n) is 4.42. The van der Waals surface area contributed by atoms with Gasteiger partial charge in [-0.25, -0.2) is 0 Å². The Morgan fingerprint density at radius 1 is 1.25 bits per heavy atom. The normalized spacial score (nSPS) is 17.0. The zero-order valence-corrected chi connectivity index (χ0v) is 15.7. The van der Waals surface area contributed by atoms with E-state index in [4.69, 9.17) is 14.5 Å². The second kappa shape index (κ2) is 8.27. The summed E-state index contributed by atoms with van der Waals surface area (Å²) in [6.07, 6.45) is 2.10. The van der Waals surface area contributed by atoms with Crippen molar-refractivity contribution in [3.8, 4) is 11.5 Å². The van der Waals surface area contributed by atoms with Crippen LogP contribution in [-0.4, -0.2) is 51.3 Å². The van der Waals surface area contributed by atoms with E-state index in [-0.39, 0.29) is 0 Å². The third kappa shape index (κ3) is 4.79. The number of hydrogen-bond acceptors (Lipinski definition) is 3. The Bertz CT molecular complexity index is 570. The van der Waals surface area contributed by atoms with Gasteiger partial charge in [0.2, 0.25) is 0 Å². The molecule has 2 rings (SSSR count). The summed E-state index contributed by atoms with van der Waals surface area (Å²) < 4.78 is 10.6. The van der Waals surface area contributed by atoms with Crippen LogP contribution in [-0.2, 0) is 6.42 Å². The molecule has 0 atom stereocenters. The number of nitrogens with zero attached hydrogens (tertiary/aromatic N) is 2. The Morgan fingerprint density at radius 3 is 2.58 bits per heavy atom. The summed E-state index contributed by atoms with van der Waals surface area (Å²) in [5.41, 5.74) is 1.58. The van der Waals surface area contributed by atoms with Crippen molar-refractivity contribution in [1.82, 2.24) is 10.2 Å². The van der Waals surface area contributed by atoms with Crippen molar-refractivity contribution in [3.05, 3.63) is 23.8 Å². The van der Waals surface area contributed by atoms with Gasteiger partial charge in [0.05, 0.1) is 14.2 Å². The van der Waals surface area contributed by atoms with Crippen molar-refractivity contribution in [1.29, 1.82) is 0 Å². The monoisotopic (exact) mass is 333 g/mol. The summed E-state index contributed by atoms with van der Waals surface area (Å²) in [6.45, 7) is 10.6. The molecule has 1 aliphatic heterocycles. The molecule has 1 N–H and O–H groups in total. The second-order valence-corrected chi connectivity index (χ2v) is 7.01. The number of nitrogens with one attached hydrogen (secondary N) is 1. The van der Waals surface area contributed by atoms with Gasteiger partial charge in [-0.05, 0) is 42.9 Å². The maximum absolute atomic E-state index is 5.37. The topological polar surface area (TPSA) is 46.1 Å². The summed E-state index contributed by atoms with van der Waals surface area (Å²) in [6, 6.07) is 6.05. The molecular weight excluding hydrogens is 302 g/mol. The molecule has 5 heteroatoms. The molecule has 0 aliphatic carbocycles. The highest BCUT2D eigenvalue weighted by Gasteiger charge is 2.30. The molecule has 0 saturated carbocycles. The molecule has 0 bridgehead atoms. The number of guanidine groups is 1. The molecule has 1 saturated heterocycles. The lowest BCUT2D eigenvalue weighted by molar-refractivity contribution is 0.354. The van der Waals surface area contributed by atoms with Crippen molar-refractivity contribution in [3.63, 3.8) is 0 Å². The fraction of sp³-hybridized carbons (Fsp3) is 0.632. The molecule has 134 valence electrons. The summed E-state index contributed by atoms with van der Waals surface area (Å²) in [4.78, 5) is 7.19. The zero-order chi connectivity index (χ0) is 17.6. The number of benzene rings is 1. The van der Waals surface area contributed by atoms with Gasteiger partial charge >= 0.3 is 0 Å². The average molecular weight is 333 g/mol. The number of methoxy groups -OCH3 is 2. The standard InChI is InChI=1S/C19H31N3O2/c1-6-20-18(22-12-10-19(2,3)14-22)21-11-9-15-7-8-16(23-4)17(13-15)24-5/h7-8,13H,6,9-12,14H2,1-5H3,(H,20,21). The first-order valence-electron chi connectivity index (χ1n) is 8.73. The molecule has 0 spiro atoms. The fourth-order valence-electron chi connectivity index (χ4n) is 3.05. The quantitative estimate of drug-likeness (QED) is 0.642. The van der Waals surface area contributed by atoms with Crippen LogP contribution in [0.1, 0.15) is 32.8 Å². The molecule has 1 heterocycles. The number of likely N-dealkylation sites (tertiary alicyclic amines) is 1.